The average Bonchev–Trinajstić information content (AvgIpc) is 3.08. The molecule has 1 amide bonds. The van der Waals surface area contributed by atoms with E-state index in [2.05, 4.69) is 0 Å². The molecule has 138 valence electrons. The summed E-state index contributed by atoms with van der Waals surface area (Å²) in [5.74, 6) is -1.17. The summed E-state index contributed by atoms with van der Waals surface area (Å²) in [7, 11) is 0. The zero-order valence-electron chi connectivity index (χ0n) is 13.9. The number of rotatable bonds is 6. The number of anilines is 1. The standard InChI is InChI=1S/C18H14N2O6S/c21-17(22)10-19(16-9-13-3-1-2-4-15(13)27-16)18(23)26-11-12-5-7-14(8-6-12)20(24)25/h1-9H,10-11H2,(H,21,22). The number of benzene rings is 2. The van der Waals surface area contributed by atoms with Crippen LogP contribution in [0.2, 0.25) is 0 Å². The van der Waals surface area contributed by atoms with E-state index in [1.165, 1.54) is 35.6 Å². The molecule has 1 aromatic heterocycles. The lowest BCUT2D eigenvalue weighted by atomic mass is 10.2. The van der Waals surface area contributed by atoms with Crippen LogP contribution >= 0.6 is 11.3 Å². The molecule has 0 aliphatic carbocycles. The lowest BCUT2D eigenvalue weighted by Gasteiger charge is -2.18. The Hall–Kier alpha value is -3.46. The fraction of sp³-hybridized carbons (Fsp3) is 0.111. The number of hydrogen-bond donors (Lipinski definition) is 1. The first kappa shape index (κ1) is 18.3. The van der Waals surface area contributed by atoms with Gasteiger partial charge in [-0.2, -0.15) is 0 Å². The molecular weight excluding hydrogens is 372 g/mol. The van der Waals surface area contributed by atoms with Crippen LogP contribution in [0.25, 0.3) is 10.1 Å². The van der Waals surface area contributed by atoms with Crippen molar-refractivity contribution in [2.24, 2.45) is 0 Å². The SMILES string of the molecule is O=C(O)CN(C(=O)OCc1ccc([N+](=O)[O-])cc1)c1cc2ccccc2s1. The number of nitro benzene ring substituents is 1. The Labute approximate surface area is 157 Å². The molecule has 0 spiro atoms. The number of carboxylic acid groups (broad SMARTS) is 1. The summed E-state index contributed by atoms with van der Waals surface area (Å²) < 4.78 is 6.12. The van der Waals surface area contributed by atoms with Crippen molar-refractivity contribution in [1.29, 1.82) is 0 Å². The number of non-ortho nitro benzene ring substituents is 1. The van der Waals surface area contributed by atoms with Crippen LogP contribution < -0.4 is 4.90 Å². The molecule has 27 heavy (non-hydrogen) atoms. The molecule has 0 saturated carbocycles. The van der Waals surface area contributed by atoms with Gasteiger partial charge in [0.05, 0.1) is 4.92 Å². The number of nitro groups is 1. The highest BCUT2D eigenvalue weighted by molar-refractivity contribution is 7.23. The second-order valence-electron chi connectivity index (χ2n) is 5.58. The van der Waals surface area contributed by atoms with Gasteiger partial charge in [0.2, 0.25) is 0 Å². The molecule has 0 radical (unpaired) electrons. The maximum Gasteiger partial charge on any atom is 0.415 e. The van der Waals surface area contributed by atoms with Gasteiger partial charge in [-0.3, -0.25) is 19.8 Å². The van der Waals surface area contributed by atoms with E-state index in [1.54, 1.807) is 6.07 Å². The van der Waals surface area contributed by atoms with E-state index in [-0.39, 0.29) is 12.3 Å². The van der Waals surface area contributed by atoms with Crippen LogP contribution in [-0.2, 0) is 16.1 Å². The number of amides is 1. The highest BCUT2D eigenvalue weighted by Gasteiger charge is 2.22. The molecule has 3 aromatic rings. The van der Waals surface area contributed by atoms with Crippen molar-refractivity contribution < 1.29 is 24.4 Å². The van der Waals surface area contributed by atoms with Crippen molar-refractivity contribution in [3.63, 3.8) is 0 Å². The highest BCUT2D eigenvalue weighted by Crippen LogP contribution is 2.32. The van der Waals surface area contributed by atoms with Crippen LogP contribution in [0.5, 0.6) is 0 Å². The third kappa shape index (κ3) is 4.39. The van der Waals surface area contributed by atoms with Gasteiger partial charge in [-0.1, -0.05) is 18.2 Å². The number of ether oxygens (including phenoxy) is 1. The molecule has 0 aliphatic heterocycles. The number of carbonyl (C=O) groups excluding carboxylic acids is 1. The molecule has 0 unspecified atom stereocenters. The number of fused-ring (bicyclic) bond motifs is 1. The van der Waals surface area contributed by atoms with Crippen molar-refractivity contribution in [3.05, 3.63) is 70.3 Å². The molecule has 2 aromatic carbocycles. The number of carbonyl (C=O) groups is 2. The van der Waals surface area contributed by atoms with Gasteiger partial charge in [0.15, 0.2) is 0 Å². The minimum atomic E-state index is -1.17. The molecule has 0 bridgehead atoms. The van der Waals surface area contributed by atoms with Gasteiger partial charge in [-0.05, 0) is 35.2 Å². The number of hydrogen-bond acceptors (Lipinski definition) is 6. The molecule has 1 heterocycles. The molecule has 1 N–H and O–H groups in total. The minimum absolute atomic E-state index is 0.0668. The first-order chi connectivity index (χ1) is 12.9. The number of aliphatic carboxylic acids is 1. The third-order valence-electron chi connectivity index (χ3n) is 3.70. The minimum Gasteiger partial charge on any atom is -0.480 e. The first-order valence-corrected chi connectivity index (χ1v) is 8.63. The van der Waals surface area contributed by atoms with Gasteiger partial charge in [-0.15, -0.1) is 11.3 Å². The first-order valence-electron chi connectivity index (χ1n) is 7.82. The van der Waals surface area contributed by atoms with Crippen molar-refractivity contribution in [2.75, 3.05) is 11.4 Å². The molecule has 8 nitrogen and oxygen atoms in total. The lowest BCUT2D eigenvalue weighted by Crippen LogP contribution is -2.35. The fourth-order valence-corrected chi connectivity index (χ4v) is 3.46. The summed E-state index contributed by atoms with van der Waals surface area (Å²) in [6, 6.07) is 14.8. The predicted octanol–water partition coefficient (Wildman–Crippen LogP) is 4.04. The summed E-state index contributed by atoms with van der Waals surface area (Å²) in [4.78, 5) is 34.8. The van der Waals surface area contributed by atoms with Gasteiger partial charge in [-0.25, -0.2) is 4.79 Å². The lowest BCUT2D eigenvalue weighted by molar-refractivity contribution is -0.384. The molecule has 0 fully saturated rings. The second-order valence-corrected chi connectivity index (χ2v) is 6.64. The molecule has 0 aliphatic rings. The normalized spacial score (nSPS) is 10.5. The molecule has 3 rings (SSSR count). The highest BCUT2D eigenvalue weighted by atomic mass is 32.1. The van der Waals surface area contributed by atoms with E-state index in [0.29, 0.717) is 10.6 Å². The molecule has 0 atom stereocenters. The van der Waals surface area contributed by atoms with Crippen LogP contribution in [0, 0.1) is 10.1 Å². The zero-order chi connectivity index (χ0) is 19.4. The second kappa shape index (κ2) is 7.83. The summed E-state index contributed by atoms with van der Waals surface area (Å²) in [5, 5.41) is 21.2. The monoisotopic (exact) mass is 386 g/mol. The van der Waals surface area contributed by atoms with Crippen molar-refractivity contribution in [1.82, 2.24) is 0 Å². The van der Waals surface area contributed by atoms with Crippen molar-refractivity contribution in [2.45, 2.75) is 6.61 Å². The van der Waals surface area contributed by atoms with E-state index in [0.717, 1.165) is 15.0 Å². The predicted molar refractivity (Wildman–Crippen MR) is 100 cm³/mol. The Morgan fingerprint density at radius 1 is 1.15 bits per heavy atom. The van der Waals surface area contributed by atoms with E-state index >= 15 is 0 Å². The van der Waals surface area contributed by atoms with E-state index in [9.17, 15) is 19.7 Å². The van der Waals surface area contributed by atoms with Crippen LogP contribution in [-0.4, -0.2) is 28.6 Å². The van der Waals surface area contributed by atoms with Gasteiger partial charge in [0.1, 0.15) is 18.2 Å². The molecule has 0 saturated heterocycles. The van der Waals surface area contributed by atoms with Crippen LogP contribution in [0.4, 0.5) is 15.5 Å². The molecule has 9 heteroatoms. The summed E-state index contributed by atoms with van der Waals surface area (Å²) in [6.45, 7) is -0.663. The van der Waals surface area contributed by atoms with E-state index in [4.69, 9.17) is 9.84 Å². The smallest absolute Gasteiger partial charge is 0.415 e. The van der Waals surface area contributed by atoms with Gasteiger partial charge >= 0.3 is 12.1 Å². The number of nitrogens with zero attached hydrogens (tertiary/aromatic N) is 2. The Balaban J connectivity index is 1.75. The van der Waals surface area contributed by atoms with Crippen LogP contribution in [0.3, 0.4) is 0 Å². The summed E-state index contributed by atoms with van der Waals surface area (Å²) in [5.41, 5.74) is 0.489. The summed E-state index contributed by atoms with van der Waals surface area (Å²) >= 11 is 1.29. The third-order valence-corrected chi connectivity index (χ3v) is 4.84. The Kier molecular flexibility index (Phi) is 5.32. The summed E-state index contributed by atoms with van der Waals surface area (Å²) in [6.07, 6.45) is -0.803. The maximum absolute atomic E-state index is 12.4. The Bertz CT molecular complexity index is 966. The van der Waals surface area contributed by atoms with Gasteiger partial charge in [0.25, 0.3) is 5.69 Å². The maximum atomic E-state index is 12.4. The van der Waals surface area contributed by atoms with Gasteiger partial charge < -0.3 is 9.84 Å². The largest absolute Gasteiger partial charge is 0.480 e. The Morgan fingerprint density at radius 3 is 2.48 bits per heavy atom. The Morgan fingerprint density at radius 2 is 1.85 bits per heavy atom. The molecular formula is C18H14N2O6S. The average molecular weight is 386 g/mol. The topological polar surface area (TPSA) is 110 Å². The van der Waals surface area contributed by atoms with Gasteiger partial charge in [0, 0.05) is 16.8 Å². The van der Waals surface area contributed by atoms with Crippen molar-refractivity contribution in [3.8, 4) is 0 Å². The zero-order valence-corrected chi connectivity index (χ0v) is 14.7. The van der Waals surface area contributed by atoms with Crippen LogP contribution in [0.15, 0.2) is 54.6 Å². The quantitative estimate of drug-likeness (QED) is 0.506. The fourth-order valence-electron chi connectivity index (χ4n) is 2.41. The number of carboxylic acids is 1. The van der Waals surface area contributed by atoms with E-state index < -0.39 is 23.5 Å². The van der Waals surface area contributed by atoms with E-state index in [1.807, 2.05) is 24.3 Å². The number of thiophene rings is 1. The van der Waals surface area contributed by atoms with Crippen LogP contribution in [0.1, 0.15) is 5.56 Å². The van der Waals surface area contributed by atoms with Crippen molar-refractivity contribution >= 4 is 44.2 Å².